The second kappa shape index (κ2) is 3.26. The molecule has 0 aliphatic heterocycles. The normalized spacial score (nSPS) is 9.69. The Hall–Kier alpha value is -1.85. The highest BCUT2D eigenvalue weighted by atomic mass is 16.2. The zero-order valence-corrected chi connectivity index (χ0v) is 7.25. The van der Waals surface area contributed by atoms with Crippen LogP contribution < -0.4 is 11.2 Å². The van der Waals surface area contributed by atoms with E-state index in [4.69, 9.17) is 0 Å². The van der Waals surface area contributed by atoms with Gasteiger partial charge in [-0.2, -0.15) is 0 Å². The maximum Gasteiger partial charge on any atom is 0.326 e. The van der Waals surface area contributed by atoms with E-state index in [1.54, 1.807) is 0 Å². The van der Waals surface area contributed by atoms with Gasteiger partial charge in [0.15, 0.2) is 0 Å². The van der Waals surface area contributed by atoms with Gasteiger partial charge in [-0.1, -0.05) is 0 Å². The maximum absolute atomic E-state index is 11.3. The van der Waals surface area contributed by atoms with Crippen LogP contribution >= 0.6 is 0 Å². The second-order valence-corrected chi connectivity index (χ2v) is 2.70. The molecule has 13 heavy (non-hydrogen) atoms. The molecule has 6 heteroatoms. The van der Waals surface area contributed by atoms with Crippen LogP contribution in [0.25, 0.3) is 0 Å². The fourth-order valence-corrected chi connectivity index (χ4v) is 0.825. The molecule has 0 spiro atoms. The van der Waals surface area contributed by atoms with Crippen LogP contribution in [0, 0.1) is 0 Å². The predicted molar refractivity (Wildman–Crippen MR) is 45.7 cm³/mol. The Morgan fingerprint density at radius 1 is 1.31 bits per heavy atom. The molecule has 1 aromatic heterocycles. The van der Waals surface area contributed by atoms with Gasteiger partial charge in [0.1, 0.15) is 5.69 Å². The van der Waals surface area contributed by atoms with Crippen LogP contribution in [-0.2, 0) is 0 Å². The van der Waals surface area contributed by atoms with Crippen LogP contribution in [0.5, 0.6) is 0 Å². The highest BCUT2D eigenvalue weighted by Crippen LogP contribution is 1.90. The van der Waals surface area contributed by atoms with E-state index in [2.05, 4.69) is 4.98 Å². The summed E-state index contributed by atoms with van der Waals surface area (Å²) in [7, 11) is 3.06. The summed E-state index contributed by atoms with van der Waals surface area (Å²) < 4.78 is 0. The van der Waals surface area contributed by atoms with Gasteiger partial charge in [0.25, 0.3) is 11.5 Å². The van der Waals surface area contributed by atoms with E-state index < -0.39 is 17.2 Å². The van der Waals surface area contributed by atoms with Crippen molar-refractivity contribution in [2.45, 2.75) is 0 Å². The van der Waals surface area contributed by atoms with Crippen LogP contribution in [0.2, 0.25) is 0 Å². The fourth-order valence-electron chi connectivity index (χ4n) is 0.825. The number of rotatable bonds is 1. The largest absolute Gasteiger partial charge is 0.343 e. The molecule has 0 radical (unpaired) electrons. The predicted octanol–water partition coefficient (Wildman–Crippen LogP) is -1.23. The minimum Gasteiger partial charge on any atom is -0.343 e. The Labute approximate surface area is 73.2 Å². The van der Waals surface area contributed by atoms with Gasteiger partial charge < -0.3 is 9.88 Å². The molecule has 0 aliphatic carbocycles. The summed E-state index contributed by atoms with van der Waals surface area (Å²) >= 11 is 0. The molecule has 0 saturated carbocycles. The highest BCUT2D eigenvalue weighted by Gasteiger charge is 2.09. The summed E-state index contributed by atoms with van der Waals surface area (Å²) in [6, 6.07) is 1.05. The van der Waals surface area contributed by atoms with Crippen molar-refractivity contribution >= 4 is 5.91 Å². The summed E-state index contributed by atoms with van der Waals surface area (Å²) in [6.07, 6.45) is 0. The first-order valence-electron chi connectivity index (χ1n) is 3.56. The Morgan fingerprint density at radius 2 is 1.92 bits per heavy atom. The van der Waals surface area contributed by atoms with Crippen LogP contribution in [-0.4, -0.2) is 34.9 Å². The first kappa shape index (κ1) is 9.24. The van der Waals surface area contributed by atoms with E-state index in [1.165, 1.54) is 19.0 Å². The van der Waals surface area contributed by atoms with Crippen molar-refractivity contribution in [3.8, 4) is 0 Å². The zero-order chi connectivity index (χ0) is 10.0. The van der Waals surface area contributed by atoms with Crippen molar-refractivity contribution in [1.82, 2.24) is 14.9 Å². The van der Waals surface area contributed by atoms with Gasteiger partial charge in [0.05, 0.1) is 0 Å². The Morgan fingerprint density at radius 3 is 2.38 bits per heavy atom. The summed E-state index contributed by atoms with van der Waals surface area (Å²) in [6.45, 7) is 0. The lowest BCUT2D eigenvalue weighted by Gasteiger charge is -2.08. The third kappa shape index (κ3) is 2.05. The van der Waals surface area contributed by atoms with Crippen molar-refractivity contribution in [2.75, 3.05) is 14.1 Å². The molecule has 1 aromatic rings. The first-order chi connectivity index (χ1) is 6.00. The lowest BCUT2D eigenvalue weighted by molar-refractivity contribution is 0.0821. The molecule has 0 atom stereocenters. The number of amides is 1. The smallest absolute Gasteiger partial charge is 0.326 e. The highest BCUT2D eigenvalue weighted by molar-refractivity contribution is 5.91. The summed E-state index contributed by atoms with van der Waals surface area (Å²) in [5, 5.41) is 0. The van der Waals surface area contributed by atoms with Gasteiger partial charge in [-0.3, -0.25) is 14.6 Å². The third-order valence-electron chi connectivity index (χ3n) is 1.40. The molecule has 1 rings (SSSR count). The number of nitrogens with zero attached hydrogens (tertiary/aromatic N) is 1. The number of aromatic nitrogens is 2. The standard InChI is InChI=1S/C7H9N3O3/c1-10(2)6(12)4-3-5(11)9-7(13)8-4/h3H,1-2H3,(H2,8,9,11,13). The fraction of sp³-hybridized carbons (Fsp3) is 0.286. The van der Waals surface area contributed by atoms with Crippen LogP contribution in [0.3, 0.4) is 0 Å². The number of H-pyrrole nitrogens is 2. The quantitative estimate of drug-likeness (QED) is 0.571. The molecule has 1 heterocycles. The van der Waals surface area contributed by atoms with Gasteiger partial charge in [0.2, 0.25) is 0 Å². The molecule has 0 unspecified atom stereocenters. The van der Waals surface area contributed by atoms with Gasteiger partial charge >= 0.3 is 5.69 Å². The Kier molecular flexibility index (Phi) is 2.32. The van der Waals surface area contributed by atoms with Crippen molar-refractivity contribution in [3.63, 3.8) is 0 Å². The van der Waals surface area contributed by atoms with Gasteiger partial charge in [-0.05, 0) is 0 Å². The Bertz CT molecular complexity index is 401. The molecule has 2 N–H and O–H groups in total. The summed E-state index contributed by atoms with van der Waals surface area (Å²) in [5.74, 6) is -0.414. The van der Waals surface area contributed by atoms with Gasteiger partial charge in [-0.15, -0.1) is 0 Å². The molecule has 0 aliphatic rings. The maximum atomic E-state index is 11.3. The molecule has 0 aromatic carbocycles. The molecule has 0 saturated heterocycles. The van der Waals surface area contributed by atoms with Crippen molar-refractivity contribution < 1.29 is 4.79 Å². The first-order valence-corrected chi connectivity index (χ1v) is 3.56. The minimum atomic E-state index is -0.683. The van der Waals surface area contributed by atoms with Crippen molar-refractivity contribution in [3.05, 3.63) is 32.6 Å². The van der Waals surface area contributed by atoms with E-state index in [1.807, 2.05) is 4.98 Å². The average Bonchev–Trinajstić information content (AvgIpc) is 2.01. The number of hydrogen-bond acceptors (Lipinski definition) is 3. The second-order valence-electron chi connectivity index (χ2n) is 2.70. The molecule has 0 bridgehead atoms. The number of carbonyl (C=O) groups excluding carboxylic acids is 1. The van der Waals surface area contributed by atoms with E-state index in [0.29, 0.717) is 0 Å². The van der Waals surface area contributed by atoms with E-state index in [-0.39, 0.29) is 5.69 Å². The van der Waals surface area contributed by atoms with Gasteiger partial charge in [0, 0.05) is 20.2 Å². The molecule has 0 fully saturated rings. The van der Waals surface area contributed by atoms with E-state index in [0.717, 1.165) is 6.07 Å². The van der Waals surface area contributed by atoms with E-state index >= 15 is 0 Å². The summed E-state index contributed by atoms with van der Waals surface area (Å²) in [4.78, 5) is 38.3. The van der Waals surface area contributed by atoms with Crippen LogP contribution in [0.15, 0.2) is 15.7 Å². The SMILES string of the molecule is CN(C)C(=O)c1cc(=O)[nH]c(=O)[nH]1. The Balaban J connectivity index is 3.24. The molecule has 70 valence electrons. The molecule has 1 amide bonds. The van der Waals surface area contributed by atoms with E-state index in [9.17, 15) is 14.4 Å². The number of carbonyl (C=O) groups is 1. The van der Waals surface area contributed by atoms with Crippen LogP contribution in [0.1, 0.15) is 10.5 Å². The summed E-state index contributed by atoms with van der Waals surface area (Å²) in [5.41, 5.74) is -1.29. The van der Waals surface area contributed by atoms with Crippen molar-refractivity contribution in [1.29, 1.82) is 0 Å². The number of aromatic amines is 2. The van der Waals surface area contributed by atoms with Crippen LogP contribution in [0.4, 0.5) is 0 Å². The number of nitrogens with one attached hydrogen (secondary N) is 2. The topological polar surface area (TPSA) is 86.0 Å². The monoisotopic (exact) mass is 183 g/mol. The lowest BCUT2D eigenvalue weighted by Crippen LogP contribution is -2.30. The minimum absolute atomic E-state index is 0.0150. The van der Waals surface area contributed by atoms with Crippen molar-refractivity contribution in [2.24, 2.45) is 0 Å². The number of hydrogen-bond donors (Lipinski definition) is 2. The lowest BCUT2D eigenvalue weighted by atomic mass is 10.4. The third-order valence-corrected chi connectivity index (χ3v) is 1.40. The zero-order valence-electron chi connectivity index (χ0n) is 7.25. The molecular weight excluding hydrogens is 174 g/mol. The van der Waals surface area contributed by atoms with Gasteiger partial charge in [-0.25, -0.2) is 4.79 Å². The molecular formula is C7H9N3O3. The average molecular weight is 183 g/mol. The molecule has 6 nitrogen and oxygen atoms in total.